The van der Waals surface area contributed by atoms with Crippen LogP contribution in [0.4, 0.5) is 11.9 Å². The van der Waals surface area contributed by atoms with E-state index in [2.05, 4.69) is 48.7 Å². The van der Waals surface area contributed by atoms with Gasteiger partial charge >= 0.3 is 19.1 Å². The fraction of sp³-hybridized carbons (Fsp3) is 0.190. The van der Waals surface area contributed by atoms with Crippen LogP contribution in [0.1, 0.15) is 11.1 Å². The van der Waals surface area contributed by atoms with E-state index in [-0.39, 0.29) is 57.3 Å². The molecule has 0 bridgehead atoms. The molecule has 0 unspecified atom stereocenters. The Morgan fingerprint density at radius 2 is 0.984 bits per heavy atom. The zero-order chi connectivity index (χ0) is 43.6. The number of hydrogen-bond donors (Lipinski definition) is 5. The van der Waals surface area contributed by atoms with Crippen molar-refractivity contribution in [3.8, 4) is 34.0 Å². The average molecular weight is 863 g/mol. The van der Waals surface area contributed by atoms with Crippen molar-refractivity contribution < 1.29 is 52.8 Å². The van der Waals surface area contributed by atoms with Crippen molar-refractivity contribution in [2.45, 2.75) is 26.6 Å². The first kappa shape index (κ1) is 43.3. The first-order valence-corrected chi connectivity index (χ1v) is 20.7. The number of anilines is 2. The molecule has 4 aromatic carbocycles. The summed E-state index contributed by atoms with van der Waals surface area (Å²) in [6.07, 6.45) is 3.41. The van der Waals surface area contributed by atoms with Gasteiger partial charge in [0.05, 0.1) is 39.5 Å². The molecule has 0 aliphatic carbocycles. The highest BCUT2D eigenvalue weighted by molar-refractivity contribution is 7.46. The van der Waals surface area contributed by atoms with E-state index in [4.69, 9.17) is 35.8 Å². The Balaban J connectivity index is 0.000000188. The summed E-state index contributed by atoms with van der Waals surface area (Å²) in [5.41, 5.74) is 19.1. The summed E-state index contributed by atoms with van der Waals surface area (Å²) < 4.78 is 32.6. The number of fused-ring (bicyclic) bond motifs is 2. The van der Waals surface area contributed by atoms with Gasteiger partial charge in [0.25, 0.3) is 11.9 Å². The molecular formula is C42H43N10O9P. The number of aliphatic hydroxyl groups excluding tert-OH is 1. The molecule has 8 aromatic rings. The second-order valence-corrected chi connectivity index (χ2v) is 15.0. The maximum absolute atomic E-state index is 12.5. The summed E-state index contributed by atoms with van der Waals surface area (Å²) in [5.74, 6) is -1.18. The van der Waals surface area contributed by atoms with Gasteiger partial charge in [-0.3, -0.25) is 13.7 Å². The number of nitrogens with zero attached hydrogens (tertiary/aromatic N) is 8. The molecule has 0 saturated heterocycles. The van der Waals surface area contributed by atoms with Crippen LogP contribution in [0.25, 0.3) is 44.6 Å². The Labute approximate surface area is 354 Å². The van der Waals surface area contributed by atoms with Crippen LogP contribution in [0.3, 0.4) is 0 Å². The van der Waals surface area contributed by atoms with Gasteiger partial charge in [0.1, 0.15) is 0 Å². The number of nitrogen functional groups attached to an aromatic ring is 2. The number of aromatic nitrogens is 8. The molecule has 0 amide bonds. The molecule has 0 atom stereocenters. The number of benzene rings is 4. The fourth-order valence-electron chi connectivity index (χ4n) is 6.64. The predicted molar refractivity (Wildman–Crippen MR) is 222 cm³/mol. The van der Waals surface area contributed by atoms with E-state index in [0.717, 1.165) is 33.4 Å². The highest BCUT2D eigenvalue weighted by Crippen LogP contribution is 2.35. The van der Waals surface area contributed by atoms with Gasteiger partial charge in [0.2, 0.25) is 0 Å². The molecular weight excluding hydrogens is 819 g/mol. The molecule has 0 saturated carbocycles. The molecule has 0 fully saturated rings. The Bertz CT molecular complexity index is 2790. The van der Waals surface area contributed by atoms with E-state index in [1.807, 2.05) is 84.9 Å². The minimum atomic E-state index is -4.56. The second-order valence-electron chi connectivity index (χ2n) is 13.8. The second kappa shape index (κ2) is 19.7. The van der Waals surface area contributed by atoms with Crippen molar-refractivity contribution in [2.75, 3.05) is 37.9 Å². The molecule has 320 valence electrons. The quantitative estimate of drug-likeness (QED) is 0.0530. The molecule has 4 heterocycles. The largest absolute Gasteiger partial charge is 0.856 e. The highest BCUT2D eigenvalue weighted by Gasteiger charge is 2.22. The van der Waals surface area contributed by atoms with Crippen molar-refractivity contribution in [3.63, 3.8) is 0 Å². The third kappa shape index (κ3) is 10.9. The lowest BCUT2D eigenvalue weighted by Crippen LogP contribution is -2.35. The summed E-state index contributed by atoms with van der Waals surface area (Å²) in [7, 11) is -4.56. The number of rotatable bonds is 16. The Morgan fingerprint density at radius 1 is 0.581 bits per heavy atom. The number of ether oxygens (including phenoxy) is 2. The van der Waals surface area contributed by atoms with Gasteiger partial charge in [-0.05, 0) is 33.4 Å². The van der Waals surface area contributed by atoms with E-state index < -0.39 is 19.6 Å². The lowest BCUT2D eigenvalue weighted by Gasteiger charge is -2.07. The third-order valence-corrected chi connectivity index (χ3v) is 9.91. The molecule has 8 rings (SSSR count). The van der Waals surface area contributed by atoms with Crippen LogP contribution in [0.5, 0.6) is 11.8 Å². The van der Waals surface area contributed by atoms with E-state index in [1.165, 1.54) is 0 Å². The molecule has 0 spiro atoms. The van der Waals surface area contributed by atoms with Gasteiger partial charge in [-0.1, -0.05) is 119 Å². The van der Waals surface area contributed by atoms with E-state index in [1.54, 1.807) is 30.9 Å². The summed E-state index contributed by atoms with van der Waals surface area (Å²) in [5, 5.41) is 33.9. The lowest BCUT2D eigenvalue weighted by molar-refractivity contribution is -0.711. The Hall–Kier alpha value is -6.83. The minimum Gasteiger partial charge on any atom is -0.856 e. The first-order valence-electron chi connectivity index (χ1n) is 19.2. The topological polar surface area (TPSA) is 273 Å². The molecule has 0 aliphatic heterocycles. The summed E-state index contributed by atoms with van der Waals surface area (Å²) >= 11 is 0. The maximum Gasteiger partial charge on any atom is 0.469 e. The summed E-state index contributed by atoms with van der Waals surface area (Å²) in [4.78, 5) is 33.3. The van der Waals surface area contributed by atoms with Gasteiger partial charge in [-0.15, -0.1) is 0 Å². The number of imidazole rings is 2. The molecule has 20 heteroatoms. The van der Waals surface area contributed by atoms with Crippen LogP contribution in [-0.2, 0) is 45.1 Å². The number of phosphoric ester groups is 1. The van der Waals surface area contributed by atoms with Gasteiger partial charge in [0, 0.05) is 11.8 Å². The van der Waals surface area contributed by atoms with Crippen molar-refractivity contribution in [1.29, 1.82) is 0 Å². The monoisotopic (exact) mass is 862 g/mol. The maximum atomic E-state index is 12.5. The van der Waals surface area contributed by atoms with Crippen molar-refractivity contribution >= 4 is 42.0 Å². The van der Waals surface area contributed by atoms with Crippen molar-refractivity contribution in [2.24, 2.45) is 0 Å². The normalized spacial score (nSPS) is 11.5. The first-order chi connectivity index (χ1) is 30.0. The minimum absolute atomic E-state index is 0.0309. The van der Waals surface area contributed by atoms with Gasteiger partial charge in [0.15, 0.2) is 37.1 Å². The van der Waals surface area contributed by atoms with Crippen LogP contribution >= 0.6 is 7.82 Å². The van der Waals surface area contributed by atoms with Crippen LogP contribution < -0.4 is 30.8 Å². The number of hydrogen-bond acceptors (Lipinski definition) is 13. The van der Waals surface area contributed by atoms with E-state index in [9.17, 15) is 14.8 Å². The lowest BCUT2D eigenvalue weighted by atomic mass is 10.0. The van der Waals surface area contributed by atoms with E-state index in [0.29, 0.717) is 29.9 Å². The SMILES string of the molecule is Nc1nc([O-])c2c(n1)[n+](COCCO)cn2Cc1ccc(-c2ccccc2)cc1.Nc1nc([O-])c2c(n1)[n+](COCCOP(=O)(O)O)cn2Cc1ccc(-c2ccccc2)cc1. The van der Waals surface area contributed by atoms with Gasteiger partial charge in [-0.25, -0.2) is 23.7 Å². The van der Waals surface area contributed by atoms with E-state index >= 15 is 0 Å². The van der Waals surface area contributed by atoms with Crippen LogP contribution in [0.15, 0.2) is 122 Å². The van der Waals surface area contributed by atoms with Crippen molar-refractivity contribution in [1.82, 2.24) is 29.1 Å². The summed E-state index contributed by atoms with van der Waals surface area (Å²) in [6.45, 7) is 0.716. The Kier molecular flexibility index (Phi) is 13.7. The predicted octanol–water partition coefficient (Wildman–Crippen LogP) is 2.23. The smallest absolute Gasteiger partial charge is 0.469 e. The molecule has 19 nitrogen and oxygen atoms in total. The van der Waals surface area contributed by atoms with Crippen molar-refractivity contribution in [3.05, 3.63) is 133 Å². The molecule has 0 aliphatic rings. The number of phosphoric acid groups is 1. The summed E-state index contributed by atoms with van der Waals surface area (Å²) in [6, 6.07) is 36.3. The fourth-order valence-corrected chi connectivity index (χ4v) is 6.95. The number of nitrogens with two attached hydrogens (primary N) is 2. The molecule has 0 radical (unpaired) electrons. The van der Waals surface area contributed by atoms with Crippen LogP contribution in [-0.4, -0.2) is 70.4 Å². The number of aliphatic hydroxyl groups is 1. The zero-order valence-electron chi connectivity index (χ0n) is 33.2. The molecule has 62 heavy (non-hydrogen) atoms. The highest BCUT2D eigenvalue weighted by atomic mass is 31.2. The van der Waals surface area contributed by atoms with Gasteiger partial charge < -0.3 is 46.0 Å². The zero-order valence-corrected chi connectivity index (χ0v) is 34.1. The van der Waals surface area contributed by atoms with Crippen LogP contribution in [0.2, 0.25) is 0 Å². The Morgan fingerprint density at radius 3 is 1.39 bits per heavy atom. The third-order valence-electron chi connectivity index (χ3n) is 9.39. The molecule has 4 aromatic heterocycles. The molecule has 7 N–H and O–H groups in total. The standard InChI is InChI=1S/C21H22N5O6P.C21H21N5O3/c22-21-23-19-18(20(27)24-21)25(13-26(19)14-31-10-11-32-33(28,29)30)12-15-6-8-17(9-7-15)16-4-2-1-3-5-16;22-21-23-19-18(20(28)24-21)25(13-26(19)14-29-11-10-27)12-15-6-8-17(9-7-15)16-4-2-1-3-5-16/h1-9,13H,10-12,14H2,(H4-,22,23,24,27,28,29,30);1-9,13,27H,10-12,14H2,(H2-,22,23,24,28). The average Bonchev–Trinajstić information content (AvgIpc) is 3.78. The van der Waals surface area contributed by atoms with Crippen LogP contribution in [0, 0.1) is 0 Å². The van der Waals surface area contributed by atoms with Gasteiger partial charge in [-0.2, -0.15) is 0 Å².